The van der Waals surface area contributed by atoms with E-state index in [4.69, 9.17) is 9.15 Å². The SMILES string of the molecule is Fc1ccc(OCc2nnc([C@H]3CCN(Cc4ccccn4)C3)o2)cc1. The predicted molar refractivity (Wildman–Crippen MR) is 91.9 cm³/mol. The Morgan fingerprint density at radius 3 is 2.85 bits per heavy atom. The summed E-state index contributed by atoms with van der Waals surface area (Å²) in [7, 11) is 0. The summed E-state index contributed by atoms with van der Waals surface area (Å²) >= 11 is 0. The van der Waals surface area contributed by atoms with Crippen LogP contribution in [0, 0.1) is 5.82 Å². The summed E-state index contributed by atoms with van der Waals surface area (Å²) in [6.45, 7) is 2.84. The van der Waals surface area contributed by atoms with Gasteiger partial charge in [-0.25, -0.2) is 4.39 Å². The standard InChI is InChI=1S/C19H19FN4O2/c20-15-4-6-17(7-5-15)25-13-18-22-23-19(26-18)14-8-10-24(11-14)12-16-3-1-2-9-21-16/h1-7,9,14H,8,10-13H2/t14-/m0/s1. The predicted octanol–water partition coefficient (Wildman–Crippen LogP) is 3.17. The van der Waals surface area contributed by atoms with E-state index in [1.807, 2.05) is 24.4 Å². The van der Waals surface area contributed by atoms with Gasteiger partial charge in [0.15, 0.2) is 6.61 Å². The molecule has 4 rings (SSSR count). The first-order valence-corrected chi connectivity index (χ1v) is 8.59. The van der Waals surface area contributed by atoms with Gasteiger partial charge in [0.1, 0.15) is 11.6 Å². The Balaban J connectivity index is 1.31. The number of nitrogens with zero attached hydrogens (tertiary/aromatic N) is 4. The van der Waals surface area contributed by atoms with Gasteiger partial charge in [-0.05, 0) is 49.4 Å². The third kappa shape index (κ3) is 4.05. The summed E-state index contributed by atoms with van der Waals surface area (Å²) in [5, 5.41) is 8.22. The zero-order chi connectivity index (χ0) is 17.8. The summed E-state index contributed by atoms with van der Waals surface area (Å²) in [4.78, 5) is 6.71. The third-order valence-corrected chi connectivity index (χ3v) is 4.39. The van der Waals surface area contributed by atoms with Crippen LogP contribution in [0.1, 0.15) is 29.8 Å². The van der Waals surface area contributed by atoms with Gasteiger partial charge in [-0.15, -0.1) is 10.2 Å². The van der Waals surface area contributed by atoms with E-state index in [9.17, 15) is 4.39 Å². The Bertz CT molecular complexity index is 838. The molecule has 1 aromatic carbocycles. The van der Waals surface area contributed by atoms with Crippen molar-refractivity contribution in [3.05, 3.63) is 72.0 Å². The highest BCUT2D eigenvalue weighted by Gasteiger charge is 2.28. The van der Waals surface area contributed by atoms with Crippen molar-refractivity contribution in [2.75, 3.05) is 13.1 Å². The number of pyridine rings is 1. The summed E-state index contributed by atoms with van der Waals surface area (Å²) in [6, 6.07) is 11.8. The van der Waals surface area contributed by atoms with Gasteiger partial charge in [0, 0.05) is 19.3 Å². The van der Waals surface area contributed by atoms with Crippen LogP contribution in [0.25, 0.3) is 0 Å². The van der Waals surface area contributed by atoms with Crippen LogP contribution < -0.4 is 4.74 Å². The number of rotatable bonds is 6. The van der Waals surface area contributed by atoms with Crippen LogP contribution in [0.5, 0.6) is 5.75 Å². The summed E-state index contributed by atoms with van der Waals surface area (Å²) in [5.41, 5.74) is 1.06. The molecular formula is C19H19FN4O2. The van der Waals surface area contributed by atoms with Crippen molar-refractivity contribution in [1.29, 1.82) is 0 Å². The van der Waals surface area contributed by atoms with E-state index in [2.05, 4.69) is 20.1 Å². The van der Waals surface area contributed by atoms with Crippen molar-refractivity contribution in [2.45, 2.75) is 25.5 Å². The molecule has 1 aliphatic heterocycles. The molecule has 0 saturated carbocycles. The van der Waals surface area contributed by atoms with E-state index in [0.29, 0.717) is 17.5 Å². The highest BCUT2D eigenvalue weighted by Crippen LogP contribution is 2.27. The molecule has 0 bridgehead atoms. The van der Waals surface area contributed by atoms with Crippen molar-refractivity contribution < 1.29 is 13.5 Å². The number of benzene rings is 1. The van der Waals surface area contributed by atoms with Crippen LogP contribution in [0.4, 0.5) is 4.39 Å². The molecule has 1 fully saturated rings. The van der Waals surface area contributed by atoms with E-state index in [-0.39, 0.29) is 18.3 Å². The number of halogens is 1. The van der Waals surface area contributed by atoms with Gasteiger partial charge in [-0.2, -0.15) is 0 Å². The molecule has 3 aromatic rings. The normalized spacial score (nSPS) is 17.5. The van der Waals surface area contributed by atoms with Crippen LogP contribution in [0.15, 0.2) is 53.1 Å². The lowest BCUT2D eigenvalue weighted by atomic mass is 10.1. The molecule has 7 heteroatoms. The first-order valence-electron chi connectivity index (χ1n) is 8.59. The second kappa shape index (κ2) is 7.61. The minimum Gasteiger partial charge on any atom is -0.484 e. The van der Waals surface area contributed by atoms with E-state index < -0.39 is 0 Å². The molecule has 26 heavy (non-hydrogen) atoms. The van der Waals surface area contributed by atoms with E-state index in [1.165, 1.54) is 12.1 Å². The largest absolute Gasteiger partial charge is 0.484 e. The van der Waals surface area contributed by atoms with E-state index in [1.54, 1.807) is 12.1 Å². The van der Waals surface area contributed by atoms with Crippen molar-refractivity contribution in [2.24, 2.45) is 0 Å². The van der Waals surface area contributed by atoms with Gasteiger partial charge in [0.05, 0.1) is 11.6 Å². The molecule has 3 heterocycles. The summed E-state index contributed by atoms with van der Waals surface area (Å²) in [5.74, 6) is 1.56. The quantitative estimate of drug-likeness (QED) is 0.677. The van der Waals surface area contributed by atoms with Crippen LogP contribution in [-0.4, -0.2) is 33.2 Å². The zero-order valence-electron chi connectivity index (χ0n) is 14.2. The molecule has 0 spiro atoms. The lowest BCUT2D eigenvalue weighted by molar-refractivity contribution is 0.254. The fourth-order valence-electron chi connectivity index (χ4n) is 3.06. The van der Waals surface area contributed by atoms with Crippen LogP contribution in [-0.2, 0) is 13.2 Å². The molecular weight excluding hydrogens is 335 g/mol. The van der Waals surface area contributed by atoms with Crippen LogP contribution >= 0.6 is 0 Å². The molecule has 1 atom stereocenters. The van der Waals surface area contributed by atoms with E-state index >= 15 is 0 Å². The maximum atomic E-state index is 12.9. The molecule has 1 saturated heterocycles. The fraction of sp³-hybridized carbons (Fsp3) is 0.316. The molecule has 6 nitrogen and oxygen atoms in total. The monoisotopic (exact) mass is 354 g/mol. The highest BCUT2D eigenvalue weighted by molar-refractivity contribution is 5.22. The van der Waals surface area contributed by atoms with Gasteiger partial charge in [0.2, 0.25) is 5.89 Å². The molecule has 0 unspecified atom stereocenters. The fourth-order valence-corrected chi connectivity index (χ4v) is 3.06. The number of likely N-dealkylation sites (tertiary alicyclic amines) is 1. The van der Waals surface area contributed by atoms with Crippen molar-refractivity contribution >= 4 is 0 Å². The van der Waals surface area contributed by atoms with Gasteiger partial charge >= 0.3 is 0 Å². The topological polar surface area (TPSA) is 64.3 Å². The maximum absolute atomic E-state index is 12.9. The van der Waals surface area contributed by atoms with Crippen LogP contribution in [0.3, 0.4) is 0 Å². The number of hydrogen-bond acceptors (Lipinski definition) is 6. The van der Waals surface area contributed by atoms with Gasteiger partial charge < -0.3 is 9.15 Å². The lowest BCUT2D eigenvalue weighted by Gasteiger charge is -2.14. The average Bonchev–Trinajstić information content (AvgIpc) is 3.31. The molecule has 0 aliphatic carbocycles. The summed E-state index contributed by atoms with van der Waals surface area (Å²) < 4.78 is 24.2. The second-order valence-corrected chi connectivity index (χ2v) is 6.32. The highest BCUT2D eigenvalue weighted by atomic mass is 19.1. The minimum atomic E-state index is -0.297. The van der Waals surface area contributed by atoms with Crippen LogP contribution in [0.2, 0.25) is 0 Å². The van der Waals surface area contributed by atoms with Gasteiger partial charge in [-0.3, -0.25) is 9.88 Å². The number of aromatic nitrogens is 3. The molecule has 134 valence electrons. The Morgan fingerprint density at radius 1 is 1.15 bits per heavy atom. The van der Waals surface area contributed by atoms with Crippen molar-refractivity contribution in [3.8, 4) is 5.75 Å². The molecule has 0 radical (unpaired) electrons. The molecule has 2 aromatic heterocycles. The number of ether oxygens (including phenoxy) is 1. The first kappa shape index (κ1) is 16.7. The van der Waals surface area contributed by atoms with Gasteiger partial charge in [0.25, 0.3) is 5.89 Å². The molecule has 0 amide bonds. The Labute approximate surface area is 150 Å². The Kier molecular flexibility index (Phi) is 4.88. The van der Waals surface area contributed by atoms with Gasteiger partial charge in [-0.1, -0.05) is 6.07 Å². The van der Waals surface area contributed by atoms with Crippen molar-refractivity contribution in [3.63, 3.8) is 0 Å². The third-order valence-electron chi connectivity index (χ3n) is 4.39. The molecule has 1 aliphatic rings. The van der Waals surface area contributed by atoms with E-state index in [0.717, 1.165) is 31.7 Å². The minimum absolute atomic E-state index is 0.170. The Hall–Kier alpha value is -2.80. The molecule has 0 N–H and O–H groups in total. The average molecular weight is 354 g/mol. The summed E-state index contributed by atoms with van der Waals surface area (Å²) in [6.07, 6.45) is 2.79. The Morgan fingerprint density at radius 2 is 2.04 bits per heavy atom. The zero-order valence-corrected chi connectivity index (χ0v) is 14.2. The lowest BCUT2D eigenvalue weighted by Crippen LogP contribution is -2.20. The second-order valence-electron chi connectivity index (χ2n) is 6.32. The number of hydrogen-bond donors (Lipinski definition) is 0. The maximum Gasteiger partial charge on any atom is 0.253 e. The smallest absolute Gasteiger partial charge is 0.253 e. The first-order chi connectivity index (χ1) is 12.8. The van der Waals surface area contributed by atoms with Crippen molar-refractivity contribution in [1.82, 2.24) is 20.1 Å².